The number of H-pyrrole nitrogens is 1. The molecule has 1 saturated heterocycles. The summed E-state index contributed by atoms with van der Waals surface area (Å²) in [7, 11) is 1.67. The van der Waals surface area contributed by atoms with Gasteiger partial charge < -0.3 is 14.1 Å². The van der Waals surface area contributed by atoms with Crippen molar-refractivity contribution in [2.45, 2.75) is 32.3 Å². The van der Waals surface area contributed by atoms with Gasteiger partial charge >= 0.3 is 0 Å². The minimum absolute atomic E-state index is 0.0358. The number of aromatic amines is 1. The largest absolute Gasteiger partial charge is 0.464 e. The van der Waals surface area contributed by atoms with Crippen LogP contribution in [0.5, 0.6) is 0 Å². The van der Waals surface area contributed by atoms with Gasteiger partial charge in [0.25, 0.3) is 0 Å². The fourth-order valence-corrected chi connectivity index (χ4v) is 3.69. The Kier molecular flexibility index (Phi) is 4.24. The molecular weight excluding hydrogens is 332 g/mol. The van der Waals surface area contributed by atoms with Crippen molar-refractivity contribution in [1.29, 1.82) is 0 Å². The molecule has 2 aromatic heterocycles. The van der Waals surface area contributed by atoms with E-state index in [2.05, 4.69) is 28.4 Å². The number of aryl methyl sites for hydroxylation is 2. The molecule has 0 spiro atoms. The minimum atomic E-state index is -0.0740. The quantitative estimate of drug-likeness (QED) is 0.777. The predicted molar refractivity (Wildman–Crippen MR) is 95.9 cm³/mol. The summed E-state index contributed by atoms with van der Waals surface area (Å²) in [4.78, 5) is 14.7. The predicted octanol–water partition coefficient (Wildman–Crippen LogP) is 2.35. The number of aromatic nitrogens is 3. The molecule has 26 heavy (non-hydrogen) atoms. The lowest BCUT2D eigenvalue weighted by Crippen LogP contribution is -2.31. The number of carbonyl (C=O) groups is 1. The summed E-state index contributed by atoms with van der Waals surface area (Å²) >= 11 is 0. The normalized spacial score (nSPS) is 20.2. The zero-order valence-corrected chi connectivity index (χ0v) is 15.2. The van der Waals surface area contributed by atoms with Gasteiger partial charge in [0, 0.05) is 31.1 Å². The number of methoxy groups -OCH3 is 1. The van der Waals surface area contributed by atoms with Crippen LogP contribution in [0.2, 0.25) is 0 Å². The van der Waals surface area contributed by atoms with E-state index in [9.17, 15) is 4.79 Å². The Morgan fingerprint density at radius 2 is 2.23 bits per heavy atom. The average Bonchev–Trinajstić information content (AvgIpc) is 3.36. The van der Waals surface area contributed by atoms with Crippen LogP contribution in [0.4, 0.5) is 0 Å². The third-order valence-corrected chi connectivity index (χ3v) is 5.42. The second-order valence-corrected chi connectivity index (χ2v) is 6.90. The van der Waals surface area contributed by atoms with Gasteiger partial charge in [0.1, 0.15) is 5.58 Å². The molecule has 7 heteroatoms. The molecule has 3 heterocycles. The number of rotatable bonds is 4. The van der Waals surface area contributed by atoms with E-state index in [1.165, 1.54) is 5.56 Å². The lowest BCUT2D eigenvalue weighted by atomic mass is 10.0. The Morgan fingerprint density at radius 3 is 2.96 bits per heavy atom. The van der Waals surface area contributed by atoms with Crippen molar-refractivity contribution in [2.75, 3.05) is 20.2 Å². The number of amides is 1. The van der Waals surface area contributed by atoms with Crippen LogP contribution in [0.15, 0.2) is 29.0 Å². The number of nitrogens with one attached hydrogen (secondary N) is 1. The highest BCUT2D eigenvalue weighted by atomic mass is 16.5. The van der Waals surface area contributed by atoms with Crippen molar-refractivity contribution in [3.63, 3.8) is 0 Å². The maximum Gasteiger partial charge on any atom is 0.227 e. The Balaban J connectivity index is 1.53. The first kappa shape index (κ1) is 16.8. The van der Waals surface area contributed by atoms with Crippen LogP contribution < -0.4 is 0 Å². The molecule has 1 amide bonds. The first-order valence-electron chi connectivity index (χ1n) is 8.71. The molecule has 1 fully saturated rings. The van der Waals surface area contributed by atoms with Crippen molar-refractivity contribution >= 4 is 16.9 Å². The number of fused-ring (bicyclic) bond motifs is 1. The molecule has 1 N–H and O–H groups in total. The molecule has 2 atom stereocenters. The maximum atomic E-state index is 12.9. The lowest BCUT2D eigenvalue weighted by molar-refractivity contribution is -0.129. The van der Waals surface area contributed by atoms with Crippen LogP contribution in [0.25, 0.3) is 11.0 Å². The first-order chi connectivity index (χ1) is 12.6. The molecule has 0 saturated carbocycles. The molecule has 1 aromatic carbocycles. The SMILES string of the molecule is CO[C@@H]1CN(C(=O)Cc2coc3c(C)c(C)ccc23)C[C@H]1c1cn[nH]n1. The standard InChI is InChI=1S/C19H22N4O3/c1-11-4-5-14-13(10-26-19(14)12(11)2)6-18(24)23-8-15(17(9-23)25-3)16-7-20-22-21-16/h4-5,7,10,15,17H,6,8-9H2,1-3H3,(H,20,21,22)/t15-,17+/m0/s1. The van der Waals surface area contributed by atoms with E-state index >= 15 is 0 Å². The van der Waals surface area contributed by atoms with E-state index in [0.717, 1.165) is 27.8 Å². The van der Waals surface area contributed by atoms with E-state index in [0.29, 0.717) is 19.5 Å². The Labute approximate surface area is 151 Å². The van der Waals surface area contributed by atoms with E-state index in [4.69, 9.17) is 9.15 Å². The van der Waals surface area contributed by atoms with Gasteiger partial charge in [-0.2, -0.15) is 15.4 Å². The first-order valence-corrected chi connectivity index (χ1v) is 8.71. The summed E-state index contributed by atoms with van der Waals surface area (Å²) in [6.07, 6.45) is 3.64. The molecule has 1 aliphatic rings. The van der Waals surface area contributed by atoms with Gasteiger partial charge in [-0.25, -0.2) is 0 Å². The topological polar surface area (TPSA) is 84.2 Å². The summed E-state index contributed by atoms with van der Waals surface area (Å²) in [6, 6.07) is 4.10. The van der Waals surface area contributed by atoms with E-state index in [-0.39, 0.29) is 17.9 Å². The highest BCUT2D eigenvalue weighted by Gasteiger charge is 2.37. The van der Waals surface area contributed by atoms with Gasteiger partial charge in [-0.15, -0.1) is 0 Å². The average molecular weight is 354 g/mol. The molecule has 1 aliphatic heterocycles. The molecule has 136 valence electrons. The smallest absolute Gasteiger partial charge is 0.227 e. The van der Waals surface area contributed by atoms with Gasteiger partial charge in [0.15, 0.2) is 0 Å². The van der Waals surface area contributed by atoms with Crippen LogP contribution in [0.1, 0.15) is 28.3 Å². The number of likely N-dealkylation sites (tertiary alicyclic amines) is 1. The summed E-state index contributed by atoms with van der Waals surface area (Å²) in [6.45, 7) is 5.23. The monoisotopic (exact) mass is 354 g/mol. The third kappa shape index (κ3) is 2.78. The number of nitrogens with zero attached hydrogens (tertiary/aromatic N) is 3. The molecule has 0 radical (unpaired) electrons. The van der Waals surface area contributed by atoms with Crippen molar-refractivity contribution in [3.05, 3.63) is 47.0 Å². The van der Waals surface area contributed by atoms with Gasteiger partial charge in [0.05, 0.1) is 36.6 Å². The fraction of sp³-hybridized carbons (Fsp3) is 0.421. The van der Waals surface area contributed by atoms with Crippen LogP contribution in [0, 0.1) is 13.8 Å². The number of hydrogen-bond acceptors (Lipinski definition) is 5. The molecule has 3 aromatic rings. The molecule has 0 unspecified atom stereocenters. The number of ether oxygens (including phenoxy) is 1. The summed E-state index contributed by atoms with van der Waals surface area (Å²) in [5.41, 5.74) is 4.92. The molecule has 4 rings (SSSR count). The zero-order chi connectivity index (χ0) is 18.3. The summed E-state index contributed by atoms with van der Waals surface area (Å²) < 4.78 is 11.3. The highest BCUT2D eigenvalue weighted by molar-refractivity contribution is 5.89. The Bertz CT molecular complexity index is 932. The van der Waals surface area contributed by atoms with Gasteiger partial charge in [0.2, 0.25) is 5.91 Å². The van der Waals surface area contributed by atoms with Crippen molar-refractivity contribution in [1.82, 2.24) is 20.3 Å². The Hall–Kier alpha value is -2.67. The summed E-state index contributed by atoms with van der Waals surface area (Å²) in [5, 5.41) is 11.7. The molecule has 0 bridgehead atoms. The second-order valence-electron chi connectivity index (χ2n) is 6.90. The number of carbonyl (C=O) groups excluding carboxylic acids is 1. The van der Waals surface area contributed by atoms with E-state index < -0.39 is 0 Å². The maximum absolute atomic E-state index is 12.9. The number of benzene rings is 1. The second kappa shape index (κ2) is 6.57. The van der Waals surface area contributed by atoms with Gasteiger partial charge in [-0.3, -0.25) is 4.79 Å². The van der Waals surface area contributed by atoms with Crippen LogP contribution in [0.3, 0.4) is 0 Å². The zero-order valence-electron chi connectivity index (χ0n) is 15.2. The lowest BCUT2D eigenvalue weighted by Gasteiger charge is -2.15. The number of furan rings is 1. The van der Waals surface area contributed by atoms with Crippen LogP contribution in [-0.4, -0.2) is 52.5 Å². The third-order valence-electron chi connectivity index (χ3n) is 5.42. The molecular formula is C19H22N4O3. The Morgan fingerprint density at radius 1 is 1.38 bits per heavy atom. The number of hydrogen-bond donors (Lipinski definition) is 1. The van der Waals surface area contributed by atoms with Crippen molar-refractivity contribution < 1.29 is 13.9 Å². The van der Waals surface area contributed by atoms with Crippen LogP contribution in [-0.2, 0) is 16.0 Å². The van der Waals surface area contributed by atoms with Crippen molar-refractivity contribution in [3.8, 4) is 0 Å². The van der Waals surface area contributed by atoms with Gasteiger partial charge in [-0.05, 0) is 25.0 Å². The summed E-state index contributed by atoms with van der Waals surface area (Å²) in [5.74, 6) is 0.104. The molecule has 7 nitrogen and oxygen atoms in total. The van der Waals surface area contributed by atoms with E-state index in [1.807, 2.05) is 17.9 Å². The van der Waals surface area contributed by atoms with E-state index in [1.54, 1.807) is 19.6 Å². The van der Waals surface area contributed by atoms with Crippen LogP contribution >= 0.6 is 0 Å². The van der Waals surface area contributed by atoms with Crippen molar-refractivity contribution in [2.24, 2.45) is 0 Å². The highest BCUT2D eigenvalue weighted by Crippen LogP contribution is 2.30. The van der Waals surface area contributed by atoms with Gasteiger partial charge in [-0.1, -0.05) is 12.1 Å². The fourth-order valence-electron chi connectivity index (χ4n) is 3.69. The molecule has 0 aliphatic carbocycles. The minimum Gasteiger partial charge on any atom is -0.464 e.